The summed E-state index contributed by atoms with van der Waals surface area (Å²) in [7, 11) is 3.34. The largest absolute Gasteiger partial charge is 0.497 e. The van der Waals surface area contributed by atoms with E-state index in [4.69, 9.17) is 4.74 Å². The standard InChI is InChI=1S/C15H19N3O3/c1-10-7-13(17-18(10)2)15(20)16-9-14(19)11-5-4-6-12(8-11)21-3/h4-8,14,19H,9H2,1-3H3,(H,16,20). The molecule has 6 heteroatoms. The van der Waals surface area contributed by atoms with E-state index in [2.05, 4.69) is 10.4 Å². The van der Waals surface area contributed by atoms with Gasteiger partial charge in [0.25, 0.3) is 5.91 Å². The molecule has 0 saturated heterocycles. The molecule has 2 aromatic rings. The van der Waals surface area contributed by atoms with Crippen molar-refractivity contribution in [3.8, 4) is 5.75 Å². The van der Waals surface area contributed by atoms with Gasteiger partial charge < -0.3 is 15.2 Å². The minimum absolute atomic E-state index is 0.113. The summed E-state index contributed by atoms with van der Waals surface area (Å²) in [5.41, 5.74) is 1.92. The molecule has 6 nitrogen and oxygen atoms in total. The maximum atomic E-state index is 11.9. The van der Waals surface area contributed by atoms with Gasteiger partial charge in [0.1, 0.15) is 11.4 Å². The monoisotopic (exact) mass is 289 g/mol. The Hall–Kier alpha value is -2.34. The highest BCUT2D eigenvalue weighted by Crippen LogP contribution is 2.18. The minimum atomic E-state index is -0.797. The molecule has 1 atom stereocenters. The highest BCUT2D eigenvalue weighted by Gasteiger charge is 2.14. The second-order valence-electron chi connectivity index (χ2n) is 4.80. The van der Waals surface area contributed by atoms with Crippen LogP contribution in [-0.4, -0.2) is 34.4 Å². The van der Waals surface area contributed by atoms with Gasteiger partial charge in [-0.2, -0.15) is 5.10 Å². The van der Waals surface area contributed by atoms with Crippen LogP contribution in [0.1, 0.15) is 27.8 Å². The van der Waals surface area contributed by atoms with E-state index in [9.17, 15) is 9.90 Å². The average molecular weight is 289 g/mol. The number of nitrogens with one attached hydrogen (secondary N) is 1. The van der Waals surface area contributed by atoms with Gasteiger partial charge in [0, 0.05) is 19.3 Å². The van der Waals surface area contributed by atoms with Gasteiger partial charge in [-0.25, -0.2) is 0 Å². The van der Waals surface area contributed by atoms with Crippen molar-refractivity contribution in [1.82, 2.24) is 15.1 Å². The summed E-state index contributed by atoms with van der Waals surface area (Å²) >= 11 is 0. The Labute approximate surface area is 123 Å². The number of hydrogen-bond acceptors (Lipinski definition) is 4. The number of amides is 1. The zero-order valence-corrected chi connectivity index (χ0v) is 12.3. The van der Waals surface area contributed by atoms with Crippen molar-refractivity contribution in [3.05, 3.63) is 47.3 Å². The summed E-state index contributed by atoms with van der Waals surface area (Å²) in [5, 5.41) is 16.9. The molecule has 1 amide bonds. The van der Waals surface area contributed by atoms with Gasteiger partial charge in [0.2, 0.25) is 0 Å². The Kier molecular flexibility index (Phi) is 4.59. The van der Waals surface area contributed by atoms with E-state index >= 15 is 0 Å². The Morgan fingerprint density at radius 1 is 1.48 bits per heavy atom. The second-order valence-corrected chi connectivity index (χ2v) is 4.80. The first kappa shape index (κ1) is 15.1. The maximum absolute atomic E-state index is 11.9. The first-order chi connectivity index (χ1) is 10.0. The topological polar surface area (TPSA) is 76.4 Å². The summed E-state index contributed by atoms with van der Waals surface area (Å²) in [5.74, 6) is 0.360. The number of nitrogens with zero attached hydrogens (tertiary/aromatic N) is 2. The van der Waals surface area contributed by atoms with Crippen molar-refractivity contribution in [2.45, 2.75) is 13.0 Å². The SMILES string of the molecule is COc1cccc(C(O)CNC(=O)c2cc(C)n(C)n2)c1. The molecule has 1 heterocycles. The minimum Gasteiger partial charge on any atom is -0.497 e. The molecule has 1 aromatic carbocycles. The lowest BCUT2D eigenvalue weighted by molar-refractivity contribution is 0.0910. The molecule has 0 saturated carbocycles. The van der Waals surface area contributed by atoms with Crippen LogP contribution in [0, 0.1) is 6.92 Å². The van der Waals surface area contributed by atoms with Crippen LogP contribution < -0.4 is 10.1 Å². The lowest BCUT2D eigenvalue weighted by Crippen LogP contribution is -2.28. The third kappa shape index (κ3) is 3.61. The Balaban J connectivity index is 1.97. The molecule has 0 aliphatic carbocycles. The number of aromatic nitrogens is 2. The van der Waals surface area contributed by atoms with Crippen LogP contribution in [0.15, 0.2) is 30.3 Å². The van der Waals surface area contributed by atoms with Crippen LogP contribution in [0.5, 0.6) is 5.75 Å². The van der Waals surface area contributed by atoms with Gasteiger partial charge in [-0.05, 0) is 30.7 Å². The fraction of sp³-hybridized carbons (Fsp3) is 0.333. The van der Waals surface area contributed by atoms with Crippen LogP contribution >= 0.6 is 0 Å². The molecule has 2 N–H and O–H groups in total. The van der Waals surface area contributed by atoms with Gasteiger partial charge in [0.15, 0.2) is 0 Å². The first-order valence-corrected chi connectivity index (χ1v) is 6.62. The fourth-order valence-corrected chi connectivity index (χ4v) is 1.92. The molecule has 21 heavy (non-hydrogen) atoms. The molecule has 0 aliphatic rings. The lowest BCUT2D eigenvalue weighted by atomic mass is 10.1. The molecular formula is C15H19N3O3. The number of aliphatic hydroxyl groups excluding tert-OH is 1. The summed E-state index contributed by atoms with van der Waals surface area (Å²) < 4.78 is 6.74. The molecule has 1 aromatic heterocycles. The number of rotatable bonds is 5. The van der Waals surface area contributed by atoms with E-state index in [-0.39, 0.29) is 12.5 Å². The van der Waals surface area contributed by atoms with Gasteiger partial charge in [-0.15, -0.1) is 0 Å². The number of benzene rings is 1. The average Bonchev–Trinajstić information content (AvgIpc) is 2.84. The number of aryl methyl sites for hydroxylation is 2. The summed E-state index contributed by atoms with van der Waals surface area (Å²) in [4.78, 5) is 11.9. The van der Waals surface area contributed by atoms with Crippen LogP contribution in [0.2, 0.25) is 0 Å². The molecule has 0 radical (unpaired) electrons. The van der Waals surface area contributed by atoms with Crippen molar-refractivity contribution in [2.75, 3.05) is 13.7 Å². The van der Waals surface area contributed by atoms with Gasteiger partial charge >= 0.3 is 0 Å². The predicted molar refractivity (Wildman–Crippen MR) is 78.2 cm³/mol. The van der Waals surface area contributed by atoms with E-state index in [0.29, 0.717) is 17.0 Å². The third-order valence-electron chi connectivity index (χ3n) is 3.28. The Morgan fingerprint density at radius 2 is 2.24 bits per heavy atom. The van der Waals surface area contributed by atoms with Gasteiger partial charge in [-0.1, -0.05) is 12.1 Å². The predicted octanol–water partition coefficient (Wildman–Crippen LogP) is 1.20. The van der Waals surface area contributed by atoms with E-state index < -0.39 is 6.10 Å². The summed E-state index contributed by atoms with van der Waals surface area (Å²) in [6, 6.07) is 8.81. The number of ether oxygens (including phenoxy) is 1. The summed E-state index contributed by atoms with van der Waals surface area (Å²) in [6.45, 7) is 1.98. The van der Waals surface area contributed by atoms with Crippen molar-refractivity contribution in [1.29, 1.82) is 0 Å². The number of methoxy groups -OCH3 is 1. The maximum Gasteiger partial charge on any atom is 0.271 e. The highest BCUT2D eigenvalue weighted by molar-refractivity contribution is 5.92. The zero-order chi connectivity index (χ0) is 15.4. The van der Waals surface area contributed by atoms with Crippen molar-refractivity contribution < 1.29 is 14.6 Å². The Bertz CT molecular complexity index is 617. The van der Waals surface area contributed by atoms with Crippen LogP contribution in [-0.2, 0) is 7.05 Å². The van der Waals surface area contributed by atoms with Gasteiger partial charge in [0.05, 0.1) is 13.2 Å². The van der Waals surface area contributed by atoms with Crippen LogP contribution in [0.3, 0.4) is 0 Å². The molecule has 1 unspecified atom stereocenters. The lowest BCUT2D eigenvalue weighted by Gasteiger charge is -2.12. The van der Waals surface area contributed by atoms with Crippen LogP contribution in [0.25, 0.3) is 0 Å². The second kappa shape index (κ2) is 6.41. The quantitative estimate of drug-likeness (QED) is 0.867. The summed E-state index contributed by atoms with van der Waals surface area (Å²) in [6.07, 6.45) is -0.797. The fourth-order valence-electron chi connectivity index (χ4n) is 1.92. The van der Waals surface area contributed by atoms with E-state index in [1.807, 2.05) is 6.92 Å². The normalized spacial score (nSPS) is 12.0. The molecule has 2 rings (SSSR count). The number of aliphatic hydroxyl groups is 1. The van der Waals surface area contributed by atoms with E-state index in [0.717, 1.165) is 5.69 Å². The van der Waals surface area contributed by atoms with Crippen molar-refractivity contribution in [3.63, 3.8) is 0 Å². The molecule has 0 spiro atoms. The molecular weight excluding hydrogens is 270 g/mol. The third-order valence-corrected chi connectivity index (χ3v) is 3.28. The van der Waals surface area contributed by atoms with E-state index in [1.165, 1.54) is 0 Å². The first-order valence-electron chi connectivity index (χ1n) is 6.62. The highest BCUT2D eigenvalue weighted by atomic mass is 16.5. The van der Waals surface area contributed by atoms with Crippen molar-refractivity contribution in [2.24, 2.45) is 7.05 Å². The number of hydrogen-bond donors (Lipinski definition) is 2. The number of carbonyl (C=O) groups excluding carboxylic acids is 1. The number of carbonyl (C=O) groups is 1. The smallest absolute Gasteiger partial charge is 0.271 e. The van der Waals surface area contributed by atoms with Crippen molar-refractivity contribution >= 4 is 5.91 Å². The van der Waals surface area contributed by atoms with Crippen LogP contribution in [0.4, 0.5) is 0 Å². The zero-order valence-electron chi connectivity index (χ0n) is 12.3. The molecule has 0 fully saturated rings. The molecule has 112 valence electrons. The molecule has 0 bridgehead atoms. The molecule has 0 aliphatic heterocycles. The Morgan fingerprint density at radius 3 is 2.86 bits per heavy atom. The van der Waals surface area contributed by atoms with Gasteiger partial charge in [-0.3, -0.25) is 9.48 Å². The van der Waals surface area contributed by atoms with E-state index in [1.54, 1.807) is 49.2 Å².